The van der Waals surface area contributed by atoms with E-state index >= 15 is 0 Å². The number of halogens is 1. The van der Waals surface area contributed by atoms with Gasteiger partial charge in [-0.2, -0.15) is 0 Å². The first-order valence-electron chi connectivity index (χ1n) is 5.77. The Hall–Kier alpha value is -0.930. The minimum atomic E-state index is -0.197. The molecule has 88 valence electrons. The molecule has 16 heavy (non-hydrogen) atoms. The Kier molecular flexibility index (Phi) is 3.56. The summed E-state index contributed by atoms with van der Waals surface area (Å²) in [7, 11) is 0. The van der Waals surface area contributed by atoms with Gasteiger partial charge in [-0.1, -0.05) is 6.07 Å². The SMILES string of the molecule is Cc1cc(F)cc(C(N)C2CCOCC2)c1. The zero-order chi connectivity index (χ0) is 11.5. The smallest absolute Gasteiger partial charge is 0.123 e. The van der Waals surface area contributed by atoms with Gasteiger partial charge in [-0.25, -0.2) is 4.39 Å². The van der Waals surface area contributed by atoms with Gasteiger partial charge in [-0.05, 0) is 48.9 Å². The van der Waals surface area contributed by atoms with Crippen molar-refractivity contribution in [1.82, 2.24) is 0 Å². The quantitative estimate of drug-likeness (QED) is 0.836. The number of benzene rings is 1. The standard InChI is InChI=1S/C13H18FNO/c1-9-6-11(8-12(14)7-9)13(15)10-2-4-16-5-3-10/h6-8,10,13H,2-5,15H2,1H3. The fourth-order valence-corrected chi connectivity index (χ4v) is 2.30. The topological polar surface area (TPSA) is 35.2 Å². The lowest BCUT2D eigenvalue weighted by Gasteiger charge is -2.28. The second-order valence-corrected chi connectivity index (χ2v) is 4.54. The van der Waals surface area contributed by atoms with Crippen LogP contribution in [0.3, 0.4) is 0 Å². The molecular formula is C13H18FNO. The molecule has 0 saturated carbocycles. The molecule has 1 aliphatic rings. The van der Waals surface area contributed by atoms with E-state index < -0.39 is 0 Å². The van der Waals surface area contributed by atoms with Gasteiger partial charge in [0.05, 0.1) is 0 Å². The number of nitrogens with two attached hydrogens (primary N) is 1. The van der Waals surface area contributed by atoms with Crippen LogP contribution in [0.15, 0.2) is 18.2 Å². The summed E-state index contributed by atoms with van der Waals surface area (Å²) in [6, 6.07) is 4.98. The highest BCUT2D eigenvalue weighted by molar-refractivity contribution is 5.26. The first kappa shape index (κ1) is 11.6. The highest BCUT2D eigenvalue weighted by atomic mass is 19.1. The van der Waals surface area contributed by atoms with Gasteiger partial charge >= 0.3 is 0 Å². The zero-order valence-electron chi connectivity index (χ0n) is 9.58. The summed E-state index contributed by atoms with van der Waals surface area (Å²) < 4.78 is 18.6. The molecule has 0 spiro atoms. The van der Waals surface area contributed by atoms with Gasteiger partial charge in [-0.3, -0.25) is 0 Å². The average molecular weight is 223 g/mol. The van der Waals surface area contributed by atoms with E-state index in [4.69, 9.17) is 10.5 Å². The molecule has 1 saturated heterocycles. The second kappa shape index (κ2) is 4.93. The lowest BCUT2D eigenvalue weighted by Crippen LogP contribution is -2.27. The molecule has 0 aliphatic carbocycles. The highest BCUT2D eigenvalue weighted by Crippen LogP contribution is 2.28. The molecule has 1 heterocycles. The first-order chi connectivity index (χ1) is 7.66. The minimum absolute atomic E-state index is 0.0710. The molecule has 1 aliphatic heterocycles. The molecule has 0 radical (unpaired) electrons. The second-order valence-electron chi connectivity index (χ2n) is 4.54. The predicted octanol–water partition coefficient (Wildman–Crippen LogP) is 2.56. The molecular weight excluding hydrogens is 205 g/mol. The van der Waals surface area contributed by atoms with Crippen LogP contribution in [-0.2, 0) is 4.74 Å². The lowest BCUT2D eigenvalue weighted by atomic mass is 9.87. The molecule has 0 aromatic heterocycles. The number of aryl methyl sites for hydroxylation is 1. The van der Waals surface area contributed by atoms with Gasteiger partial charge < -0.3 is 10.5 Å². The summed E-state index contributed by atoms with van der Waals surface area (Å²) in [5.74, 6) is 0.215. The van der Waals surface area contributed by atoms with Crippen molar-refractivity contribution in [3.63, 3.8) is 0 Å². The summed E-state index contributed by atoms with van der Waals surface area (Å²) >= 11 is 0. The van der Waals surface area contributed by atoms with Crippen LogP contribution >= 0.6 is 0 Å². The van der Waals surface area contributed by atoms with Gasteiger partial charge in [0.25, 0.3) is 0 Å². The predicted molar refractivity (Wildman–Crippen MR) is 61.6 cm³/mol. The molecule has 1 unspecified atom stereocenters. The van der Waals surface area contributed by atoms with Crippen molar-refractivity contribution in [2.24, 2.45) is 11.7 Å². The van der Waals surface area contributed by atoms with Crippen molar-refractivity contribution in [1.29, 1.82) is 0 Å². The number of rotatable bonds is 2. The normalized spacial score (nSPS) is 19.7. The van der Waals surface area contributed by atoms with Crippen LogP contribution in [0, 0.1) is 18.7 Å². The zero-order valence-corrected chi connectivity index (χ0v) is 9.58. The Morgan fingerprint density at radius 2 is 2.00 bits per heavy atom. The van der Waals surface area contributed by atoms with Crippen molar-refractivity contribution < 1.29 is 9.13 Å². The van der Waals surface area contributed by atoms with Crippen LogP contribution in [0.2, 0.25) is 0 Å². The van der Waals surface area contributed by atoms with Crippen molar-refractivity contribution in [2.75, 3.05) is 13.2 Å². The van der Waals surface area contributed by atoms with Gasteiger partial charge in [0.2, 0.25) is 0 Å². The summed E-state index contributed by atoms with van der Waals surface area (Å²) in [6.07, 6.45) is 1.94. The summed E-state index contributed by atoms with van der Waals surface area (Å²) in [5, 5.41) is 0. The van der Waals surface area contributed by atoms with E-state index in [1.165, 1.54) is 6.07 Å². The Balaban J connectivity index is 2.15. The van der Waals surface area contributed by atoms with Gasteiger partial charge in [-0.15, -0.1) is 0 Å². The van der Waals surface area contributed by atoms with Crippen molar-refractivity contribution in [2.45, 2.75) is 25.8 Å². The average Bonchev–Trinajstić information content (AvgIpc) is 2.28. The first-order valence-corrected chi connectivity index (χ1v) is 5.77. The molecule has 3 heteroatoms. The molecule has 0 bridgehead atoms. The Morgan fingerprint density at radius 3 is 2.62 bits per heavy atom. The third-order valence-electron chi connectivity index (χ3n) is 3.22. The molecule has 2 nitrogen and oxygen atoms in total. The van der Waals surface area contributed by atoms with Gasteiger partial charge in [0.1, 0.15) is 5.82 Å². The van der Waals surface area contributed by atoms with E-state index in [2.05, 4.69) is 0 Å². The third-order valence-corrected chi connectivity index (χ3v) is 3.22. The van der Waals surface area contributed by atoms with Crippen molar-refractivity contribution in [3.8, 4) is 0 Å². The van der Waals surface area contributed by atoms with Crippen molar-refractivity contribution in [3.05, 3.63) is 35.1 Å². The molecule has 1 aromatic carbocycles. The Bertz CT molecular complexity index is 341. The van der Waals surface area contributed by atoms with Crippen LogP contribution in [0.1, 0.15) is 30.0 Å². The summed E-state index contributed by atoms with van der Waals surface area (Å²) in [4.78, 5) is 0. The fourth-order valence-electron chi connectivity index (χ4n) is 2.30. The largest absolute Gasteiger partial charge is 0.381 e. The van der Waals surface area contributed by atoms with E-state index in [1.54, 1.807) is 6.07 Å². The number of ether oxygens (including phenoxy) is 1. The van der Waals surface area contributed by atoms with Crippen LogP contribution in [0.4, 0.5) is 4.39 Å². The number of hydrogen-bond donors (Lipinski definition) is 1. The van der Waals surface area contributed by atoms with Gasteiger partial charge in [0, 0.05) is 19.3 Å². The van der Waals surface area contributed by atoms with Crippen LogP contribution in [-0.4, -0.2) is 13.2 Å². The van der Waals surface area contributed by atoms with E-state index in [1.807, 2.05) is 13.0 Å². The minimum Gasteiger partial charge on any atom is -0.381 e. The highest BCUT2D eigenvalue weighted by Gasteiger charge is 2.22. The fraction of sp³-hybridized carbons (Fsp3) is 0.538. The monoisotopic (exact) mass is 223 g/mol. The molecule has 1 aromatic rings. The van der Waals surface area contributed by atoms with Crippen molar-refractivity contribution >= 4 is 0 Å². The van der Waals surface area contributed by atoms with Crippen LogP contribution in [0.25, 0.3) is 0 Å². The maximum Gasteiger partial charge on any atom is 0.123 e. The molecule has 1 fully saturated rings. The van der Waals surface area contributed by atoms with E-state index in [9.17, 15) is 4.39 Å². The summed E-state index contributed by atoms with van der Waals surface area (Å²) in [6.45, 7) is 3.43. The Morgan fingerprint density at radius 1 is 1.31 bits per heavy atom. The molecule has 0 amide bonds. The Labute approximate surface area is 95.6 Å². The molecule has 1 atom stereocenters. The maximum absolute atomic E-state index is 13.3. The van der Waals surface area contributed by atoms with E-state index in [0.717, 1.165) is 37.2 Å². The number of hydrogen-bond acceptors (Lipinski definition) is 2. The molecule has 2 rings (SSSR count). The third kappa shape index (κ3) is 2.60. The van der Waals surface area contributed by atoms with Crippen LogP contribution < -0.4 is 5.73 Å². The van der Waals surface area contributed by atoms with E-state index in [0.29, 0.717) is 5.92 Å². The maximum atomic E-state index is 13.3. The molecule has 2 N–H and O–H groups in total. The van der Waals surface area contributed by atoms with Gasteiger partial charge in [0.15, 0.2) is 0 Å². The van der Waals surface area contributed by atoms with Crippen LogP contribution in [0.5, 0.6) is 0 Å². The van der Waals surface area contributed by atoms with E-state index in [-0.39, 0.29) is 11.9 Å². The lowest BCUT2D eigenvalue weighted by molar-refractivity contribution is 0.0583. The summed E-state index contributed by atoms with van der Waals surface area (Å²) in [5.41, 5.74) is 8.02.